The van der Waals surface area contributed by atoms with E-state index in [-0.39, 0.29) is 5.91 Å². The summed E-state index contributed by atoms with van der Waals surface area (Å²) >= 11 is 1.65. The van der Waals surface area contributed by atoms with Gasteiger partial charge in [0.05, 0.1) is 6.54 Å². The Kier molecular flexibility index (Phi) is 5.57. The van der Waals surface area contributed by atoms with Crippen LogP contribution in [0.4, 0.5) is 5.69 Å². The van der Waals surface area contributed by atoms with Gasteiger partial charge in [0.15, 0.2) is 0 Å². The van der Waals surface area contributed by atoms with Gasteiger partial charge < -0.3 is 10.1 Å². The molecule has 24 heavy (non-hydrogen) atoms. The zero-order valence-electron chi connectivity index (χ0n) is 13.1. The summed E-state index contributed by atoms with van der Waals surface area (Å²) in [4.78, 5) is 15.9. The van der Waals surface area contributed by atoms with E-state index in [0.717, 1.165) is 12.1 Å². The van der Waals surface area contributed by atoms with Crippen LogP contribution in [0.5, 0.6) is 5.75 Å². The second-order valence-electron chi connectivity index (χ2n) is 5.21. The van der Waals surface area contributed by atoms with Crippen molar-refractivity contribution < 1.29 is 9.53 Å². The molecule has 3 rings (SSSR count). The molecule has 1 N–H and O–H groups in total. The zero-order valence-corrected chi connectivity index (χ0v) is 13.9. The van der Waals surface area contributed by atoms with Crippen molar-refractivity contribution in [2.24, 2.45) is 0 Å². The summed E-state index contributed by atoms with van der Waals surface area (Å²) in [5.74, 6) is 0.715. The number of aryl methyl sites for hydroxylation is 1. The lowest BCUT2D eigenvalue weighted by Gasteiger charge is -2.09. The Hall–Kier alpha value is -2.67. The monoisotopic (exact) mass is 342 g/mol. The number of rotatable bonds is 8. The molecular formula is C17H18N4O2S. The number of hydrogen-bond donors (Lipinski definition) is 1. The summed E-state index contributed by atoms with van der Waals surface area (Å²) < 4.78 is 7.39. The quantitative estimate of drug-likeness (QED) is 0.683. The molecule has 0 saturated carbocycles. The number of ether oxygens (including phenoxy) is 1. The number of nitrogens with one attached hydrogen (secondary N) is 1. The second kappa shape index (κ2) is 8.26. The maximum absolute atomic E-state index is 12.0. The molecule has 1 amide bonds. The molecular weight excluding hydrogens is 324 g/mol. The minimum absolute atomic E-state index is 0.000894. The van der Waals surface area contributed by atoms with Crippen LogP contribution in [-0.2, 0) is 17.8 Å². The van der Waals surface area contributed by atoms with Crippen LogP contribution in [0.2, 0.25) is 0 Å². The summed E-state index contributed by atoms with van der Waals surface area (Å²) in [5, 5.41) is 11.0. The fourth-order valence-electron chi connectivity index (χ4n) is 2.19. The first kappa shape index (κ1) is 16.2. The van der Waals surface area contributed by atoms with Crippen LogP contribution < -0.4 is 10.1 Å². The van der Waals surface area contributed by atoms with Gasteiger partial charge in [0, 0.05) is 18.2 Å². The van der Waals surface area contributed by atoms with Gasteiger partial charge in [-0.05, 0) is 40.9 Å². The molecule has 6 nitrogen and oxygen atoms in total. The lowest BCUT2D eigenvalue weighted by Crippen LogP contribution is -2.12. The summed E-state index contributed by atoms with van der Waals surface area (Å²) in [5.41, 5.74) is 1.93. The number of benzene rings is 1. The third kappa shape index (κ3) is 4.92. The van der Waals surface area contributed by atoms with E-state index in [1.807, 2.05) is 35.7 Å². The lowest BCUT2D eigenvalue weighted by atomic mass is 10.2. The molecule has 0 bridgehead atoms. The molecule has 124 valence electrons. The number of hydrogen-bond acceptors (Lipinski definition) is 5. The molecule has 2 aromatic heterocycles. The normalized spacial score (nSPS) is 10.5. The first-order chi connectivity index (χ1) is 11.8. The van der Waals surface area contributed by atoms with Crippen molar-refractivity contribution in [3.05, 3.63) is 59.3 Å². The minimum Gasteiger partial charge on any atom is -0.492 e. The van der Waals surface area contributed by atoms with Gasteiger partial charge in [0.25, 0.3) is 0 Å². The number of thiophene rings is 1. The van der Waals surface area contributed by atoms with Gasteiger partial charge in [-0.25, -0.2) is 9.67 Å². The van der Waals surface area contributed by atoms with E-state index >= 15 is 0 Å². The van der Waals surface area contributed by atoms with Crippen molar-refractivity contribution >= 4 is 22.9 Å². The van der Waals surface area contributed by atoms with Crippen LogP contribution in [0.3, 0.4) is 0 Å². The van der Waals surface area contributed by atoms with Crippen LogP contribution >= 0.6 is 11.3 Å². The van der Waals surface area contributed by atoms with E-state index in [2.05, 4.69) is 20.8 Å². The number of nitrogens with zero attached hydrogens (tertiary/aromatic N) is 3. The molecule has 0 saturated heterocycles. The summed E-state index contributed by atoms with van der Waals surface area (Å²) in [6.07, 6.45) is 4.36. The highest BCUT2D eigenvalue weighted by atomic mass is 32.1. The Labute approximate surface area is 144 Å². The molecule has 7 heteroatoms. The first-order valence-corrected chi connectivity index (χ1v) is 8.60. The average Bonchev–Trinajstić information content (AvgIpc) is 3.27. The molecule has 0 aliphatic heterocycles. The van der Waals surface area contributed by atoms with Crippen molar-refractivity contribution in [1.82, 2.24) is 14.8 Å². The van der Waals surface area contributed by atoms with Crippen molar-refractivity contribution in [1.29, 1.82) is 0 Å². The highest BCUT2D eigenvalue weighted by Crippen LogP contribution is 2.18. The van der Waals surface area contributed by atoms with Gasteiger partial charge in [0.2, 0.25) is 5.91 Å². The van der Waals surface area contributed by atoms with Gasteiger partial charge >= 0.3 is 0 Å². The molecule has 1 aromatic carbocycles. The van der Waals surface area contributed by atoms with Crippen LogP contribution in [0.1, 0.15) is 12.0 Å². The molecule has 0 spiro atoms. The average molecular weight is 342 g/mol. The number of anilines is 1. The fourth-order valence-corrected chi connectivity index (χ4v) is 2.89. The van der Waals surface area contributed by atoms with Crippen molar-refractivity contribution in [3.8, 4) is 5.75 Å². The number of amides is 1. The maximum Gasteiger partial charge on any atom is 0.224 e. The van der Waals surface area contributed by atoms with Crippen LogP contribution in [-0.4, -0.2) is 27.3 Å². The van der Waals surface area contributed by atoms with E-state index in [0.29, 0.717) is 25.3 Å². The standard InChI is InChI=1S/C17H18N4O2S/c22-17(5-4-14-6-9-24-11-14)20-15-2-1-3-16(10-15)23-8-7-21-13-18-12-19-21/h1-3,6,9-13H,4-5,7-8H2,(H,20,22). The van der Waals surface area contributed by atoms with Gasteiger partial charge in [-0.15, -0.1) is 0 Å². The first-order valence-electron chi connectivity index (χ1n) is 7.66. The molecule has 0 aliphatic rings. The van der Waals surface area contributed by atoms with E-state index < -0.39 is 0 Å². The number of carbonyl (C=O) groups is 1. The molecule has 2 heterocycles. The third-order valence-corrected chi connectivity index (χ3v) is 4.13. The van der Waals surface area contributed by atoms with E-state index in [4.69, 9.17) is 4.74 Å². The summed E-state index contributed by atoms with van der Waals surface area (Å²) in [6, 6.07) is 9.44. The molecule has 3 aromatic rings. The SMILES string of the molecule is O=C(CCc1ccsc1)Nc1cccc(OCCn2cncn2)c1. The van der Waals surface area contributed by atoms with Gasteiger partial charge in [-0.3, -0.25) is 4.79 Å². The fraction of sp³-hybridized carbons (Fsp3) is 0.235. The zero-order chi connectivity index (χ0) is 16.6. The number of carbonyl (C=O) groups excluding carboxylic acids is 1. The largest absolute Gasteiger partial charge is 0.492 e. The summed E-state index contributed by atoms with van der Waals surface area (Å²) in [6.45, 7) is 1.11. The predicted octanol–water partition coefficient (Wildman–Crippen LogP) is 2.99. The maximum atomic E-state index is 12.0. The Balaban J connectivity index is 1.46. The van der Waals surface area contributed by atoms with E-state index in [1.54, 1.807) is 22.3 Å². The highest BCUT2D eigenvalue weighted by Gasteiger charge is 2.05. The van der Waals surface area contributed by atoms with Gasteiger partial charge in [-0.1, -0.05) is 6.07 Å². The lowest BCUT2D eigenvalue weighted by molar-refractivity contribution is -0.116. The Bertz CT molecular complexity index is 757. The van der Waals surface area contributed by atoms with E-state index in [1.165, 1.54) is 11.9 Å². The third-order valence-electron chi connectivity index (χ3n) is 3.39. The Morgan fingerprint density at radius 2 is 2.29 bits per heavy atom. The smallest absolute Gasteiger partial charge is 0.224 e. The predicted molar refractivity (Wildman–Crippen MR) is 93.2 cm³/mol. The van der Waals surface area contributed by atoms with Crippen LogP contribution in [0.15, 0.2) is 53.7 Å². The van der Waals surface area contributed by atoms with Gasteiger partial charge in [-0.2, -0.15) is 16.4 Å². The van der Waals surface area contributed by atoms with E-state index in [9.17, 15) is 4.79 Å². The van der Waals surface area contributed by atoms with Crippen LogP contribution in [0.25, 0.3) is 0 Å². The molecule has 0 unspecified atom stereocenters. The van der Waals surface area contributed by atoms with Crippen molar-refractivity contribution in [2.75, 3.05) is 11.9 Å². The Morgan fingerprint density at radius 1 is 1.33 bits per heavy atom. The molecule has 0 radical (unpaired) electrons. The topological polar surface area (TPSA) is 69.0 Å². The summed E-state index contributed by atoms with van der Waals surface area (Å²) in [7, 11) is 0. The van der Waals surface area contributed by atoms with Crippen molar-refractivity contribution in [3.63, 3.8) is 0 Å². The van der Waals surface area contributed by atoms with Crippen molar-refractivity contribution in [2.45, 2.75) is 19.4 Å². The van der Waals surface area contributed by atoms with Crippen LogP contribution in [0, 0.1) is 0 Å². The molecule has 0 fully saturated rings. The van der Waals surface area contributed by atoms with Gasteiger partial charge in [0.1, 0.15) is 25.0 Å². The minimum atomic E-state index is 0.000894. The second-order valence-corrected chi connectivity index (χ2v) is 5.99. The molecule has 0 aliphatic carbocycles. The number of aromatic nitrogens is 3. The Morgan fingerprint density at radius 3 is 3.08 bits per heavy atom. The molecule has 0 atom stereocenters. The highest BCUT2D eigenvalue weighted by molar-refractivity contribution is 7.07.